The number of benzene rings is 1. The molecule has 0 aliphatic heterocycles. The number of pyridine rings is 1. The molecule has 3 rings (SSSR count). The minimum Gasteiger partial charge on any atom is -0.495 e. The molecule has 0 aliphatic carbocycles. The maximum Gasteiger partial charge on any atom is 0.344 e. The van der Waals surface area contributed by atoms with Crippen LogP contribution in [0.15, 0.2) is 36.5 Å². The van der Waals surface area contributed by atoms with Gasteiger partial charge >= 0.3 is 11.9 Å². The van der Waals surface area contributed by atoms with E-state index in [1.807, 2.05) is 0 Å². The van der Waals surface area contributed by atoms with Crippen LogP contribution in [0, 0.1) is 6.92 Å². The fraction of sp³-hybridized carbons (Fsp3) is 0.261. The van der Waals surface area contributed by atoms with Gasteiger partial charge < -0.3 is 29.1 Å². The van der Waals surface area contributed by atoms with Crippen molar-refractivity contribution in [2.24, 2.45) is 0 Å². The van der Waals surface area contributed by atoms with Gasteiger partial charge in [-0.2, -0.15) is 0 Å². The molecule has 32 heavy (non-hydrogen) atoms. The number of carbonyl (C=O) groups excluding carboxylic acids is 3. The number of fused-ring (bicyclic) bond motifs is 1. The van der Waals surface area contributed by atoms with Crippen LogP contribution in [-0.4, -0.2) is 49.6 Å². The average molecular weight is 440 g/mol. The fourth-order valence-electron chi connectivity index (χ4n) is 3.42. The van der Waals surface area contributed by atoms with Crippen LogP contribution in [0.2, 0.25) is 0 Å². The van der Waals surface area contributed by atoms with Gasteiger partial charge in [0.25, 0.3) is 0 Å². The van der Waals surface area contributed by atoms with Gasteiger partial charge in [-0.25, -0.2) is 9.59 Å². The minimum absolute atomic E-state index is 0.240. The Morgan fingerprint density at radius 1 is 1.09 bits per heavy atom. The Morgan fingerprint density at radius 2 is 1.84 bits per heavy atom. The first-order valence-electron chi connectivity index (χ1n) is 9.81. The largest absolute Gasteiger partial charge is 0.495 e. The summed E-state index contributed by atoms with van der Waals surface area (Å²) < 4.78 is 22.1. The van der Waals surface area contributed by atoms with Crippen molar-refractivity contribution in [1.29, 1.82) is 0 Å². The lowest BCUT2D eigenvalue weighted by atomic mass is 10.0. The van der Waals surface area contributed by atoms with Crippen LogP contribution in [0.5, 0.6) is 11.5 Å². The van der Waals surface area contributed by atoms with Crippen molar-refractivity contribution >= 4 is 28.9 Å². The molecule has 0 bridgehead atoms. The number of rotatable bonds is 8. The Kier molecular flexibility index (Phi) is 6.67. The molecule has 1 aromatic carbocycles. The van der Waals surface area contributed by atoms with Crippen LogP contribution >= 0.6 is 0 Å². The molecular formula is C23H24N2O7. The number of carbonyl (C=O) groups is 3. The van der Waals surface area contributed by atoms with E-state index >= 15 is 0 Å². The normalized spacial score (nSPS) is 10.6. The zero-order chi connectivity index (χ0) is 23.4. The number of aromatic nitrogens is 1. The van der Waals surface area contributed by atoms with Crippen molar-refractivity contribution in [3.63, 3.8) is 0 Å². The third-order valence-electron chi connectivity index (χ3n) is 4.91. The summed E-state index contributed by atoms with van der Waals surface area (Å²) in [6, 6.07) is 7.92. The molecule has 2 aromatic heterocycles. The molecule has 0 spiro atoms. The molecule has 0 unspecified atom stereocenters. The summed E-state index contributed by atoms with van der Waals surface area (Å²) >= 11 is 0. The van der Waals surface area contributed by atoms with Crippen molar-refractivity contribution in [1.82, 2.24) is 4.40 Å². The van der Waals surface area contributed by atoms with Crippen molar-refractivity contribution in [3.8, 4) is 11.5 Å². The maximum absolute atomic E-state index is 13.5. The summed E-state index contributed by atoms with van der Waals surface area (Å²) in [6.45, 7) is 3.32. The number of anilines is 1. The van der Waals surface area contributed by atoms with Gasteiger partial charge in [0.1, 0.15) is 11.5 Å². The average Bonchev–Trinajstić information content (AvgIpc) is 3.08. The minimum atomic E-state index is -0.575. The molecule has 3 aromatic rings. The molecule has 0 saturated heterocycles. The lowest BCUT2D eigenvalue weighted by molar-refractivity contribution is -0.145. The maximum atomic E-state index is 13.5. The van der Waals surface area contributed by atoms with Crippen LogP contribution < -0.4 is 15.2 Å². The van der Waals surface area contributed by atoms with Gasteiger partial charge in [0, 0.05) is 5.56 Å². The highest BCUT2D eigenvalue weighted by Crippen LogP contribution is 2.30. The van der Waals surface area contributed by atoms with E-state index < -0.39 is 11.9 Å². The number of nitrogen functional groups attached to an aromatic ring is 1. The summed E-state index contributed by atoms with van der Waals surface area (Å²) in [6.07, 6.45) is 1.54. The monoisotopic (exact) mass is 440 g/mol. The van der Waals surface area contributed by atoms with E-state index in [1.165, 1.54) is 26.5 Å². The lowest BCUT2D eigenvalue weighted by Gasteiger charge is -2.10. The van der Waals surface area contributed by atoms with Gasteiger partial charge in [0.2, 0.25) is 5.78 Å². The van der Waals surface area contributed by atoms with Gasteiger partial charge in [0.15, 0.2) is 6.61 Å². The SMILES string of the molecule is CCOC(=O)COc1ccc2c(C(=O)OC)c(C)c(C(=O)c3ccc(N)c(OC)c3)n2c1. The molecule has 9 heteroatoms. The number of esters is 2. The number of ether oxygens (including phenoxy) is 4. The third kappa shape index (κ3) is 4.22. The van der Waals surface area contributed by atoms with Gasteiger partial charge in [-0.15, -0.1) is 0 Å². The number of methoxy groups -OCH3 is 2. The van der Waals surface area contributed by atoms with E-state index in [0.29, 0.717) is 33.8 Å². The summed E-state index contributed by atoms with van der Waals surface area (Å²) in [5.41, 5.74) is 7.99. The molecule has 0 saturated carbocycles. The van der Waals surface area contributed by atoms with Crippen molar-refractivity contribution in [2.45, 2.75) is 13.8 Å². The first kappa shape index (κ1) is 22.7. The fourth-order valence-corrected chi connectivity index (χ4v) is 3.42. The first-order valence-corrected chi connectivity index (χ1v) is 9.81. The molecule has 0 radical (unpaired) electrons. The Labute approximate surface area is 184 Å². The molecule has 168 valence electrons. The number of nitrogens with zero attached hydrogens (tertiary/aromatic N) is 1. The van der Waals surface area contributed by atoms with Crippen LogP contribution in [-0.2, 0) is 14.3 Å². The summed E-state index contributed by atoms with van der Waals surface area (Å²) in [5.74, 6) is -0.763. The summed E-state index contributed by atoms with van der Waals surface area (Å²) in [4.78, 5) is 37.5. The van der Waals surface area contributed by atoms with E-state index in [0.717, 1.165) is 0 Å². The number of hydrogen-bond acceptors (Lipinski definition) is 8. The zero-order valence-corrected chi connectivity index (χ0v) is 18.3. The first-order chi connectivity index (χ1) is 15.3. The Balaban J connectivity index is 2.13. The van der Waals surface area contributed by atoms with E-state index in [4.69, 9.17) is 24.7 Å². The number of ketones is 1. The van der Waals surface area contributed by atoms with Crippen LogP contribution in [0.25, 0.3) is 5.52 Å². The Morgan fingerprint density at radius 3 is 2.50 bits per heavy atom. The van der Waals surface area contributed by atoms with Gasteiger partial charge in [-0.3, -0.25) is 4.79 Å². The molecule has 0 amide bonds. The summed E-state index contributed by atoms with van der Waals surface area (Å²) in [5, 5.41) is 0. The molecule has 0 atom stereocenters. The highest BCUT2D eigenvalue weighted by Gasteiger charge is 2.26. The third-order valence-corrected chi connectivity index (χ3v) is 4.91. The van der Waals surface area contributed by atoms with Crippen molar-refractivity contribution < 1.29 is 33.3 Å². The van der Waals surface area contributed by atoms with E-state index in [9.17, 15) is 14.4 Å². The van der Waals surface area contributed by atoms with E-state index in [2.05, 4.69) is 0 Å². The Hall–Kier alpha value is -4.01. The van der Waals surface area contributed by atoms with E-state index in [1.54, 1.807) is 42.5 Å². The number of nitrogens with two attached hydrogens (primary N) is 1. The second-order valence-electron chi connectivity index (χ2n) is 6.84. The topological polar surface area (TPSA) is 119 Å². The van der Waals surface area contributed by atoms with Gasteiger partial charge in [-0.1, -0.05) is 0 Å². The standard InChI is InChI=1S/C23H24N2O7/c1-5-31-19(26)12-32-15-7-9-17-20(23(28)30-4)13(2)21(25(17)11-15)22(27)14-6-8-16(24)18(10-14)29-3/h6-11H,5,12,24H2,1-4H3. The summed E-state index contributed by atoms with van der Waals surface area (Å²) in [7, 11) is 2.73. The van der Waals surface area contributed by atoms with Crippen LogP contribution in [0.3, 0.4) is 0 Å². The van der Waals surface area contributed by atoms with Crippen molar-refractivity contribution in [3.05, 3.63) is 58.9 Å². The molecule has 2 N–H and O–H groups in total. The smallest absolute Gasteiger partial charge is 0.344 e. The zero-order valence-electron chi connectivity index (χ0n) is 18.3. The van der Waals surface area contributed by atoms with Crippen LogP contribution in [0.1, 0.15) is 38.9 Å². The highest BCUT2D eigenvalue weighted by molar-refractivity contribution is 6.13. The molecule has 0 fully saturated rings. The molecule has 2 heterocycles. The number of hydrogen-bond donors (Lipinski definition) is 1. The molecular weight excluding hydrogens is 416 g/mol. The quantitative estimate of drug-likeness (QED) is 0.323. The van der Waals surface area contributed by atoms with E-state index in [-0.39, 0.29) is 30.3 Å². The highest BCUT2D eigenvalue weighted by atomic mass is 16.6. The van der Waals surface area contributed by atoms with Gasteiger partial charge in [0.05, 0.1) is 49.5 Å². The predicted octanol–water partition coefficient (Wildman–Crippen LogP) is 2.80. The molecule has 9 nitrogen and oxygen atoms in total. The Bertz CT molecular complexity index is 1200. The second-order valence-corrected chi connectivity index (χ2v) is 6.84. The second kappa shape index (κ2) is 9.42. The van der Waals surface area contributed by atoms with Crippen molar-refractivity contribution in [2.75, 3.05) is 33.2 Å². The predicted molar refractivity (Wildman–Crippen MR) is 116 cm³/mol. The lowest BCUT2D eigenvalue weighted by Crippen LogP contribution is -2.15. The van der Waals surface area contributed by atoms with Gasteiger partial charge in [-0.05, 0) is 49.7 Å². The van der Waals surface area contributed by atoms with Crippen LogP contribution in [0.4, 0.5) is 5.69 Å². The molecule has 0 aliphatic rings.